The zero-order chi connectivity index (χ0) is 26.3. The smallest absolute Gasteiger partial charge is 0.338 e. The Labute approximate surface area is 206 Å². The van der Waals surface area contributed by atoms with Crippen LogP contribution in [0.15, 0.2) is 60.2 Å². The van der Waals surface area contributed by atoms with E-state index in [0.29, 0.717) is 0 Å². The zero-order valence-electron chi connectivity index (χ0n) is 19.8. The van der Waals surface area contributed by atoms with E-state index in [0.717, 1.165) is 29.8 Å². The van der Waals surface area contributed by atoms with E-state index in [9.17, 15) is 29.6 Å². The highest BCUT2D eigenvalue weighted by atomic mass is 16.6. The monoisotopic (exact) mass is 498 g/mol. The molecule has 0 bridgehead atoms. The Bertz CT molecular complexity index is 1160. The first-order valence-electron chi connectivity index (χ1n) is 11.2. The van der Waals surface area contributed by atoms with Gasteiger partial charge in [-0.1, -0.05) is 30.3 Å². The summed E-state index contributed by atoms with van der Waals surface area (Å²) in [6, 6.07) is 11.1. The second-order valence-corrected chi connectivity index (χ2v) is 7.91. The minimum Gasteiger partial charge on any atom is -0.508 e. The number of non-ortho nitro benzene ring substituents is 1. The molecular formula is C25H26N2O9. The van der Waals surface area contributed by atoms with Crippen LogP contribution in [0.25, 0.3) is 0 Å². The molecule has 1 fully saturated rings. The summed E-state index contributed by atoms with van der Waals surface area (Å²) < 4.78 is 15.5. The molecule has 0 radical (unpaired) electrons. The molecule has 0 aliphatic carbocycles. The van der Waals surface area contributed by atoms with Crippen LogP contribution in [0.5, 0.6) is 5.75 Å². The Kier molecular flexibility index (Phi) is 8.38. The molecule has 36 heavy (non-hydrogen) atoms. The van der Waals surface area contributed by atoms with E-state index in [1.807, 2.05) is 6.07 Å². The number of phenols is 1. The standard InChI is InChI=1S/C25H26N2O9/c1-3-34-23(30)25(24(31)35-4-2)14-17(12-21(29)36-15-16-8-6-5-7-9-16)22(26-25)19-13-18(27(32)33)10-11-20(19)28/h5-13,22,26,28H,3-4,14-15H2,1-2H3/b17-12+. The van der Waals surface area contributed by atoms with Crippen LogP contribution < -0.4 is 5.32 Å². The molecule has 1 heterocycles. The van der Waals surface area contributed by atoms with Gasteiger partial charge in [0.05, 0.1) is 24.2 Å². The number of hydrogen-bond donors (Lipinski definition) is 2. The van der Waals surface area contributed by atoms with Crippen LogP contribution in [0.3, 0.4) is 0 Å². The highest BCUT2D eigenvalue weighted by Crippen LogP contribution is 2.43. The first-order chi connectivity index (χ1) is 17.2. The van der Waals surface area contributed by atoms with Gasteiger partial charge < -0.3 is 19.3 Å². The fraction of sp³-hybridized carbons (Fsp3) is 0.320. The summed E-state index contributed by atoms with van der Waals surface area (Å²) in [6.07, 6.45) is 0.747. The quantitative estimate of drug-likeness (QED) is 0.132. The normalized spacial score (nSPS) is 17.4. The number of nitrogens with zero attached hydrogens (tertiary/aromatic N) is 1. The molecule has 1 aliphatic heterocycles. The number of benzene rings is 2. The predicted octanol–water partition coefficient (Wildman–Crippen LogP) is 2.87. The van der Waals surface area contributed by atoms with E-state index in [-0.39, 0.29) is 48.8 Å². The molecule has 2 aromatic carbocycles. The number of carbonyl (C=O) groups excluding carboxylic acids is 3. The van der Waals surface area contributed by atoms with Gasteiger partial charge in [0.25, 0.3) is 5.69 Å². The van der Waals surface area contributed by atoms with Gasteiger partial charge in [-0.3, -0.25) is 15.4 Å². The lowest BCUT2D eigenvalue weighted by molar-refractivity contribution is -0.385. The minimum atomic E-state index is -2.04. The Balaban J connectivity index is 2.04. The molecule has 1 aliphatic rings. The maximum atomic E-state index is 13.0. The van der Waals surface area contributed by atoms with E-state index in [1.165, 1.54) is 0 Å². The molecule has 0 spiro atoms. The Morgan fingerprint density at radius 3 is 2.31 bits per heavy atom. The van der Waals surface area contributed by atoms with Crippen molar-refractivity contribution in [1.29, 1.82) is 0 Å². The number of carbonyl (C=O) groups is 3. The van der Waals surface area contributed by atoms with Gasteiger partial charge in [0.2, 0.25) is 5.54 Å². The lowest BCUT2D eigenvalue weighted by Crippen LogP contribution is -2.56. The van der Waals surface area contributed by atoms with Crippen molar-refractivity contribution in [1.82, 2.24) is 5.32 Å². The van der Waals surface area contributed by atoms with Crippen molar-refractivity contribution < 1.29 is 38.6 Å². The van der Waals surface area contributed by atoms with Gasteiger partial charge >= 0.3 is 17.9 Å². The number of esters is 3. The second kappa shape index (κ2) is 11.5. The fourth-order valence-corrected chi connectivity index (χ4v) is 3.87. The van der Waals surface area contributed by atoms with Crippen LogP contribution in [-0.2, 0) is 35.2 Å². The average Bonchev–Trinajstić information content (AvgIpc) is 3.24. The summed E-state index contributed by atoms with van der Waals surface area (Å²) in [5.41, 5.74) is -1.47. The number of nitro benzene ring substituents is 1. The van der Waals surface area contributed by atoms with Crippen LogP contribution in [0, 0.1) is 10.1 Å². The van der Waals surface area contributed by atoms with Crippen molar-refractivity contribution in [2.45, 2.75) is 38.5 Å². The number of ether oxygens (including phenoxy) is 3. The fourth-order valence-electron chi connectivity index (χ4n) is 3.87. The molecule has 1 atom stereocenters. The molecule has 190 valence electrons. The minimum absolute atomic E-state index is 0.0122. The van der Waals surface area contributed by atoms with E-state index < -0.39 is 34.4 Å². The van der Waals surface area contributed by atoms with Gasteiger partial charge in [-0.2, -0.15) is 0 Å². The Morgan fingerprint density at radius 2 is 1.72 bits per heavy atom. The Morgan fingerprint density at radius 1 is 1.08 bits per heavy atom. The lowest BCUT2D eigenvalue weighted by atomic mass is 9.93. The zero-order valence-corrected chi connectivity index (χ0v) is 19.8. The van der Waals surface area contributed by atoms with Crippen molar-refractivity contribution in [3.63, 3.8) is 0 Å². The van der Waals surface area contributed by atoms with Crippen LogP contribution in [0.1, 0.15) is 37.4 Å². The van der Waals surface area contributed by atoms with Crippen molar-refractivity contribution in [3.05, 3.63) is 81.4 Å². The third-order valence-electron chi connectivity index (χ3n) is 5.54. The molecule has 11 heteroatoms. The van der Waals surface area contributed by atoms with E-state index in [2.05, 4.69) is 5.32 Å². The van der Waals surface area contributed by atoms with Crippen molar-refractivity contribution in [2.75, 3.05) is 13.2 Å². The number of rotatable bonds is 9. The van der Waals surface area contributed by atoms with Gasteiger partial charge in [-0.15, -0.1) is 0 Å². The third-order valence-corrected chi connectivity index (χ3v) is 5.54. The summed E-state index contributed by atoms with van der Waals surface area (Å²) in [5.74, 6) is -3.00. The largest absolute Gasteiger partial charge is 0.508 e. The summed E-state index contributed by atoms with van der Waals surface area (Å²) >= 11 is 0. The molecular weight excluding hydrogens is 472 g/mol. The maximum absolute atomic E-state index is 13.0. The first kappa shape index (κ1) is 26.4. The molecule has 2 aromatic rings. The topological polar surface area (TPSA) is 154 Å². The van der Waals surface area contributed by atoms with Gasteiger partial charge in [-0.05, 0) is 31.1 Å². The van der Waals surface area contributed by atoms with E-state index >= 15 is 0 Å². The number of nitrogens with one attached hydrogen (secondary N) is 1. The van der Waals surface area contributed by atoms with Gasteiger partial charge in [0.1, 0.15) is 12.4 Å². The molecule has 0 saturated carbocycles. The number of nitro groups is 1. The van der Waals surface area contributed by atoms with Crippen LogP contribution >= 0.6 is 0 Å². The highest BCUT2D eigenvalue weighted by Gasteiger charge is 2.56. The average molecular weight is 498 g/mol. The molecule has 0 amide bonds. The third kappa shape index (κ3) is 5.69. The molecule has 0 aromatic heterocycles. The molecule has 1 saturated heterocycles. The van der Waals surface area contributed by atoms with Gasteiger partial charge in [-0.25, -0.2) is 14.4 Å². The number of aromatic hydroxyl groups is 1. The van der Waals surface area contributed by atoms with Crippen LogP contribution in [0.2, 0.25) is 0 Å². The lowest BCUT2D eigenvalue weighted by Gasteiger charge is -2.25. The van der Waals surface area contributed by atoms with Gasteiger partial charge in [0, 0.05) is 30.2 Å². The second-order valence-electron chi connectivity index (χ2n) is 7.91. The molecule has 11 nitrogen and oxygen atoms in total. The highest BCUT2D eigenvalue weighted by molar-refractivity contribution is 6.06. The molecule has 2 N–H and O–H groups in total. The van der Waals surface area contributed by atoms with E-state index in [1.54, 1.807) is 38.1 Å². The van der Waals surface area contributed by atoms with Crippen LogP contribution in [-0.4, -0.2) is 46.7 Å². The van der Waals surface area contributed by atoms with E-state index in [4.69, 9.17) is 14.2 Å². The summed E-state index contributed by atoms with van der Waals surface area (Å²) in [6.45, 7) is 3.03. The summed E-state index contributed by atoms with van der Waals surface area (Å²) in [5, 5.41) is 24.7. The van der Waals surface area contributed by atoms with Crippen molar-refractivity contribution >= 4 is 23.6 Å². The van der Waals surface area contributed by atoms with Gasteiger partial charge in [0.15, 0.2) is 0 Å². The predicted molar refractivity (Wildman–Crippen MR) is 126 cm³/mol. The summed E-state index contributed by atoms with van der Waals surface area (Å²) in [4.78, 5) is 49.3. The maximum Gasteiger partial charge on any atom is 0.338 e. The number of hydrogen-bond acceptors (Lipinski definition) is 10. The number of phenolic OH excluding ortho intramolecular Hbond substituents is 1. The molecule has 1 unspecified atom stereocenters. The van der Waals surface area contributed by atoms with Crippen LogP contribution in [0.4, 0.5) is 5.69 Å². The molecule has 3 rings (SSSR count). The summed E-state index contributed by atoms with van der Waals surface area (Å²) in [7, 11) is 0. The van der Waals surface area contributed by atoms with Crippen molar-refractivity contribution in [2.24, 2.45) is 0 Å². The Hall–Kier alpha value is -4.25. The SMILES string of the molecule is CCOC(=O)C1(C(=O)OCC)C/C(=C\C(=O)OCc2ccccc2)C(c2cc([N+](=O)[O-])ccc2O)N1. The first-order valence-corrected chi connectivity index (χ1v) is 11.2. The van der Waals surface area contributed by atoms with Crippen molar-refractivity contribution in [3.8, 4) is 5.75 Å².